The Bertz CT molecular complexity index is 717. The van der Waals surface area contributed by atoms with E-state index in [0.717, 1.165) is 5.56 Å². The van der Waals surface area contributed by atoms with Gasteiger partial charge in [0.05, 0.1) is 26.9 Å². The minimum atomic E-state index is -1.04. The van der Waals surface area contributed by atoms with E-state index in [9.17, 15) is 9.90 Å². The third kappa shape index (κ3) is 3.83. The summed E-state index contributed by atoms with van der Waals surface area (Å²) in [4.78, 5) is 11.7. The number of carboxylic acid groups (broad SMARTS) is 1. The molecule has 5 heteroatoms. The van der Waals surface area contributed by atoms with Crippen LogP contribution in [0.4, 0.5) is 0 Å². The van der Waals surface area contributed by atoms with Gasteiger partial charge in [0.15, 0.2) is 0 Å². The van der Waals surface area contributed by atoms with Crippen molar-refractivity contribution in [2.24, 2.45) is 0 Å². The van der Waals surface area contributed by atoms with Crippen molar-refractivity contribution in [2.75, 3.05) is 21.3 Å². The molecule has 0 spiro atoms. The molecule has 2 aromatic carbocycles. The Morgan fingerprint density at radius 1 is 0.913 bits per heavy atom. The summed E-state index contributed by atoms with van der Waals surface area (Å²) in [6, 6.07) is 12.1. The van der Waals surface area contributed by atoms with Crippen molar-refractivity contribution in [3.05, 3.63) is 53.6 Å². The molecule has 0 fully saturated rings. The van der Waals surface area contributed by atoms with Crippen molar-refractivity contribution in [1.29, 1.82) is 0 Å². The van der Waals surface area contributed by atoms with E-state index in [-0.39, 0.29) is 5.57 Å². The molecule has 0 amide bonds. The topological polar surface area (TPSA) is 65.0 Å². The Hall–Kier alpha value is -2.95. The molecular weight excluding hydrogens is 296 g/mol. The molecule has 2 aromatic rings. The van der Waals surface area contributed by atoms with Crippen molar-refractivity contribution in [1.82, 2.24) is 0 Å². The Labute approximate surface area is 134 Å². The van der Waals surface area contributed by atoms with Crippen LogP contribution in [0.2, 0.25) is 0 Å². The van der Waals surface area contributed by atoms with E-state index in [1.54, 1.807) is 62.8 Å². The van der Waals surface area contributed by atoms with E-state index in [1.165, 1.54) is 7.11 Å². The molecule has 0 aliphatic heterocycles. The van der Waals surface area contributed by atoms with E-state index in [0.29, 0.717) is 22.8 Å². The molecule has 0 unspecified atom stereocenters. The minimum absolute atomic E-state index is 0.134. The number of carbonyl (C=O) groups is 1. The summed E-state index contributed by atoms with van der Waals surface area (Å²) in [5.74, 6) is 0.705. The molecule has 0 aromatic heterocycles. The number of carboxylic acids is 1. The first-order chi connectivity index (χ1) is 11.1. The number of hydrogen-bond donors (Lipinski definition) is 1. The summed E-state index contributed by atoms with van der Waals surface area (Å²) in [5, 5.41) is 9.56. The predicted octanol–water partition coefficient (Wildman–Crippen LogP) is 3.34. The summed E-state index contributed by atoms with van der Waals surface area (Å²) in [6.07, 6.45) is 1.59. The Kier molecular flexibility index (Phi) is 5.25. The van der Waals surface area contributed by atoms with Gasteiger partial charge in [-0.3, -0.25) is 0 Å². The fourth-order valence-corrected chi connectivity index (χ4v) is 2.14. The average molecular weight is 314 g/mol. The van der Waals surface area contributed by atoms with Gasteiger partial charge in [0.1, 0.15) is 17.2 Å². The summed E-state index contributed by atoms with van der Waals surface area (Å²) < 4.78 is 15.5. The number of rotatable bonds is 6. The lowest BCUT2D eigenvalue weighted by molar-refractivity contribution is -0.130. The Balaban J connectivity index is 2.49. The Morgan fingerprint density at radius 2 is 1.52 bits per heavy atom. The monoisotopic (exact) mass is 314 g/mol. The van der Waals surface area contributed by atoms with Crippen LogP contribution in [0.3, 0.4) is 0 Å². The van der Waals surface area contributed by atoms with Gasteiger partial charge in [0, 0.05) is 11.6 Å². The van der Waals surface area contributed by atoms with E-state index in [1.807, 2.05) is 0 Å². The molecule has 0 bridgehead atoms. The van der Waals surface area contributed by atoms with Gasteiger partial charge in [-0.1, -0.05) is 12.1 Å². The molecule has 23 heavy (non-hydrogen) atoms. The maximum absolute atomic E-state index is 11.7. The number of aliphatic carboxylic acids is 1. The van der Waals surface area contributed by atoms with Crippen LogP contribution in [0.15, 0.2) is 42.5 Å². The number of ether oxygens (including phenoxy) is 3. The van der Waals surface area contributed by atoms with Crippen molar-refractivity contribution < 1.29 is 24.1 Å². The van der Waals surface area contributed by atoms with Crippen molar-refractivity contribution in [3.63, 3.8) is 0 Å². The molecule has 0 saturated carbocycles. The van der Waals surface area contributed by atoms with Crippen LogP contribution in [-0.4, -0.2) is 32.4 Å². The van der Waals surface area contributed by atoms with E-state index in [2.05, 4.69) is 0 Å². The summed E-state index contributed by atoms with van der Waals surface area (Å²) in [5.41, 5.74) is 1.37. The molecule has 2 rings (SSSR count). The van der Waals surface area contributed by atoms with Crippen LogP contribution in [0.1, 0.15) is 11.1 Å². The standard InChI is InChI=1S/C18H18O5/c1-21-13-6-4-12(5-7-13)10-16(18(19)20)15-9-8-14(22-2)11-17(15)23-3/h4-11H,1-3H3,(H,19,20)/b16-10-. The van der Waals surface area contributed by atoms with E-state index < -0.39 is 5.97 Å². The van der Waals surface area contributed by atoms with Gasteiger partial charge < -0.3 is 19.3 Å². The lowest BCUT2D eigenvalue weighted by atomic mass is 10.0. The second-order valence-corrected chi connectivity index (χ2v) is 4.70. The van der Waals surface area contributed by atoms with Crippen LogP contribution in [0.5, 0.6) is 17.2 Å². The highest BCUT2D eigenvalue weighted by molar-refractivity contribution is 6.21. The quantitative estimate of drug-likeness (QED) is 0.654. The minimum Gasteiger partial charge on any atom is -0.497 e. The van der Waals surface area contributed by atoms with Gasteiger partial charge in [-0.15, -0.1) is 0 Å². The molecule has 0 atom stereocenters. The van der Waals surface area contributed by atoms with Crippen LogP contribution in [0, 0.1) is 0 Å². The number of benzene rings is 2. The molecule has 5 nitrogen and oxygen atoms in total. The van der Waals surface area contributed by atoms with E-state index >= 15 is 0 Å². The Morgan fingerprint density at radius 3 is 2.04 bits per heavy atom. The largest absolute Gasteiger partial charge is 0.497 e. The highest BCUT2D eigenvalue weighted by Crippen LogP contribution is 2.31. The van der Waals surface area contributed by atoms with Crippen molar-refractivity contribution in [3.8, 4) is 17.2 Å². The molecule has 1 N–H and O–H groups in total. The zero-order valence-corrected chi connectivity index (χ0v) is 13.2. The lowest BCUT2D eigenvalue weighted by Gasteiger charge is -2.11. The normalized spacial score (nSPS) is 11.0. The fourth-order valence-electron chi connectivity index (χ4n) is 2.14. The van der Waals surface area contributed by atoms with Gasteiger partial charge >= 0.3 is 5.97 Å². The third-order valence-electron chi connectivity index (χ3n) is 3.36. The lowest BCUT2D eigenvalue weighted by Crippen LogP contribution is -2.02. The van der Waals surface area contributed by atoms with E-state index in [4.69, 9.17) is 14.2 Å². The maximum Gasteiger partial charge on any atom is 0.336 e. The van der Waals surface area contributed by atoms with Crippen LogP contribution < -0.4 is 14.2 Å². The number of methoxy groups -OCH3 is 3. The predicted molar refractivity (Wildman–Crippen MR) is 88.0 cm³/mol. The molecule has 0 heterocycles. The van der Waals surface area contributed by atoms with Gasteiger partial charge in [-0.05, 0) is 35.9 Å². The van der Waals surface area contributed by atoms with Gasteiger partial charge in [-0.25, -0.2) is 4.79 Å². The van der Waals surface area contributed by atoms with Gasteiger partial charge in [0.25, 0.3) is 0 Å². The fraction of sp³-hybridized carbons (Fsp3) is 0.167. The maximum atomic E-state index is 11.7. The van der Waals surface area contributed by atoms with Crippen molar-refractivity contribution >= 4 is 17.6 Å². The van der Waals surface area contributed by atoms with Crippen molar-refractivity contribution in [2.45, 2.75) is 0 Å². The number of hydrogen-bond acceptors (Lipinski definition) is 4. The molecule has 0 aliphatic carbocycles. The SMILES string of the molecule is COc1ccc(/C=C(\C(=O)O)c2ccc(OC)cc2OC)cc1. The molecular formula is C18H18O5. The zero-order chi connectivity index (χ0) is 16.8. The summed E-state index contributed by atoms with van der Waals surface area (Å²) >= 11 is 0. The average Bonchev–Trinajstić information content (AvgIpc) is 2.59. The zero-order valence-electron chi connectivity index (χ0n) is 13.2. The third-order valence-corrected chi connectivity index (χ3v) is 3.36. The first kappa shape index (κ1) is 16.4. The molecule has 120 valence electrons. The van der Waals surface area contributed by atoms with Gasteiger partial charge in [-0.2, -0.15) is 0 Å². The van der Waals surface area contributed by atoms with Crippen LogP contribution in [-0.2, 0) is 4.79 Å². The first-order valence-corrected chi connectivity index (χ1v) is 6.90. The second kappa shape index (κ2) is 7.35. The molecule has 0 aliphatic rings. The smallest absolute Gasteiger partial charge is 0.336 e. The first-order valence-electron chi connectivity index (χ1n) is 6.90. The van der Waals surface area contributed by atoms with Gasteiger partial charge in [0.2, 0.25) is 0 Å². The second-order valence-electron chi connectivity index (χ2n) is 4.70. The molecule has 0 radical (unpaired) electrons. The highest BCUT2D eigenvalue weighted by Gasteiger charge is 2.16. The summed E-state index contributed by atoms with van der Waals surface area (Å²) in [6.45, 7) is 0. The van der Waals surface area contributed by atoms with Crippen LogP contribution in [0.25, 0.3) is 11.6 Å². The summed E-state index contributed by atoms with van der Waals surface area (Å²) in [7, 11) is 4.61. The van der Waals surface area contributed by atoms with Crippen LogP contribution >= 0.6 is 0 Å². The molecule has 0 saturated heterocycles. The highest BCUT2D eigenvalue weighted by atomic mass is 16.5.